The number of rotatable bonds is 3. The first-order chi connectivity index (χ1) is 6.99. The average Bonchev–Trinajstić information content (AvgIpc) is 2.15. The van der Waals surface area contributed by atoms with Gasteiger partial charge in [-0.25, -0.2) is 0 Å². The summed E-state index contributed by atoms with van der Waals surface area (Å²) >= 11 is 3.54. The third-order valence-corrected chi connectivity index (χ3v) is 3.93. The van der Waals surface area contributed by atoms with Crippen molar-refractivity contribution >= 4 is 15.9 Å². The zero-order chi connectivity index (χ0) is 11.6. The lowest BCUT2D eigenvalue weighted by molar-refractivity contribution is 0.169. The fourth-order valence-electron chi connectivity index (χ4n) is 1.99. The number of aliphatic hydroxyl groups is 1. The van der Waals surface area contributed by atoms with Gasteiger partial charge in [0.2, 0.25) is 0 Å². The van der Waals surface area contributed by atoms with Crippen molar-refractivity contribution in [3.05, 3.63) is 32.8 Å². The number of halogens is 1. The molecule has 0 spiro atoms. The van der Waals surface area contributed by atoms with Crippen molar-refractivity contribution in [2.75, 3.05) is 6.54 Å². The van der Waals surface area contributed by atoms with Gasteiger partial charge < -0.3 is 10.8 Å². The second kappa shape index (κ2) is 5.10. The van der Waals surface area contributed by atoms with Gasteiger partial charge in [0.25, 0.3) is 0 Å². The Morgan fingerprint density at radius 1 is 1.33 bits per heavy atom. The van der Waals surface area contributed by atoms with Crippen LogP contribution in [0.5, 0.6) is 0 Å². The maximum absolute atomic E-state index is 10.00. The summed E-state index contributed by atoms with van der Waals surface area (Å²) in [4.78, 5) is 0. The summed E-state index contributed by atoms with van der Waals surface area (Å²) in [5.41, 5.74) is 9.93. The Bertz CT molecular complexity index is 363. The SMILES string of the molecule is Cc1cc(C)c(C(O)CCN)c(C)c1Br. The topological polar surface area (TPSA) is 46.2 Å². The number of nitrogens with two attached hydrogens (primary N) is 1. The van der Waals surface area contributed by atoms with Gasteiger partial charge in [0, 0.05) is 4.47 Å². The van der Waals surface area contributed by atoms with E-state index in [0.717, 1.165) is 21.2 Å². The van der Waals surface area contributed by atoms with Gasteiger partial charge in [-0.05, 0) is 56.0 Å². The Kier molecular flexibility index (Phi) is 4.32. The minimum Gasteiger partial charge on any atom is -0.388 e. The first-order valence-electron chi connectivity index (χ1n) is 5.13. The summed E-state index contributed by atoms with van der Waals surface area (Å²) < 4.78 is 1.08. The molecule has 1 unspecified atom stereocenters. The monoisotopic (exact) mass is 271 g/mol. The normalized spacial score (nSPS) is 12.9. The molecule has 0 aliphatic carbocycles. The fourth-order valence-corrected chi connectivity index (χ4v) is 2.32. The molecule has 0 saturated carbocycles. The zero-order valence-electron chi connectivity index (χ0n) is 9.47. The van der Waals surface area contributed by atoms with Crippen molar-refractivity contribution in [3.8, 4) is 0 Å². The smallest absolute Gasteiger partial charge is 0.0807 e. The summed E-state index contributed by atoms with van der Waals surface area (Å²) in [7, 11) is 0. The lowest BCUT2D eigenvalue weighted by atomic mass is 9.94. The maximum atomic E-state index is 10.00. The molecule has 84 valence electrons. The standard InChI is InChI=1S/C12H18BrNO/c1-7-6-8(2)12(13)9(3)11(7)10(15)4-5-14/h6,10,15H,4-5,14H2,1-3H3. The Labute approximate surface area is 99.6 Å². The number of aryl methyl sites for hydroxylation is 2. The summed E-state index contributed by atoms with van der Waals surface area (Å²) in [6.07, 6.45) is 0.156. The van der Waals surface area contributed by atoms with Crippen molar-refractivity contribution in [3.63, 3.8) is 0 Å². The second-order valence-corrected chi connectivity index (χ2v) is 4.75. The van der Waals surface area contributed by atoms with Crippen molar-refractivity contribution < 1.29 is 5.11 Å². The van der Waals surface area contributed by atoms with E-state index in [0.29, 0.717) is 13.0 Å². The van der Waals surface area contributed by atoms with Gasteiger partial charge in [-0.3, -0.25) is 0 Å². The lowest BCUT2D eigenvalue weighted by Gasteiger charge is -2.18. The molecule has 0 heterocycles. The Hall–Kier alpha value is -0.380. The van der Waals surface area contributed by atoms with Crippen LogP contribution >= 0.6 is 15.9 Å². The largest absolute Gasteiger partial charge is 0.388 e. The first-order valence-corrected chi connectivity index (χ1v) is 5.92. The van der Waals surface area contributed by atoms with E-state index in [9.17, 15) is 5.11 Å². The van der Waals surface area contributed by atoms with E-state index in [4.69, 9.17) is 5.73 Å². The van der Waals surface area contributed by atoms with E-state index in [-0.39, 0.29) is 0 Å². The summed E-state index contributed by atoms with van der Waals surface area (Å²) in [6, 6.07) is 2.09. The molecule has 0 aliphatic rings. The Morgan fingerprint density at radius 3 is 2.47 bits per heavy atom. The highest BCUT2D eigenvalue weighted by molar-refractivity contribution is 9.10. The number of benzene rings is 1. The van der Waals surface area contributed by atoms with Crippen LogP contribution in [-0.2, 0) is 0 Å². The molecule has 1 aromatic carbocycles. The maximum Gasteiger partial charge on any atom is 0.0807 e. The van der Waals surface area contributed by atoms with Gasteiger partial charge in [-0.1, -0.05) is 22.0 Å². The molecule has 0 fully saturated rings. The predicted molar refractivity (Wildman–Crippen MR) is 67.0 cm³/mol. The fraction of sp³-hybridized carbons (Fsp3) is 0.500. The molecule has 3 heteroatoms. The van der Waals surface area contributed by atoms with E-state index < -0.39 is 6.10 Å². The van der Waals surface area contributed by atoms with Gasteiger partial charge in [-0.15, -0.1) is 0 Å². The molecule has 0 aliphatic heterocycles. The molecule has 0 bridgehead atoms. The van der Waals surface area contributed by atoms with Gasteiger partial charge in [0.15, 0.2) is 0 Å². The first kappa shape index (κ1) is 12.7. The Balaban J connectivity index is 3.23. The highest BCUT2D eigenvalue weighted by Crippen LogP contribution is 2.31. The van der Waals surface area contributed by atoms with E-state index in [1.165, 1.54) is 5.56 Å². The van der Waals surface area contributed by atoms with Crippen molar-refractivity contribution in [2.45, 2.75) is 33.3 Å². The molecule has 1 aromatic rings. The lowest BCUT2D eigenvalue weighted by Crippen LogP contribution is -2.10. The van der Waals surface area contributed by atoms with E-state index in [2.05, 4.69) is 28.9 Å². The van der Waals surface area contributed by atoms with Gasteiger partial charge in [0.1, 0.15) is 0 Å². The molecule has 0 saturated heterocycles. The molecule has 0 radical (unpaired) electrons. The molecule has 15 heavy (non-hydrogen) atoms. The molecule has 1 rings (SSSR count). The van der Waals surface area contributed by atoms with Gasteiger partial charge >= 0.3 is 0 Å². The number of aliphatic hydroxyl groups excluding tert-OH is 1. The Morgan fingerprint density at radius 2 is 1.93 bits per heavy atom. The minimum atomic E-state index is -0.452. The molecule has 0 aromatic heterocycles. The summed E-state index contributed by atoms with van der Waals surface area (Å²) in [5, 5.41) is 10.00. The highest BCUT2D eigenvalue weighted by atomic mass is 79.9. The van der Waals surface area contributed by atoms with Crippen LogP contribution in [0.25, 0.3) is 0 Å². The number of hydrogen-bond donors (Lipinski definition) is 2. The predicted octanol–water partition coefficient (Wildman–Crippen LogP) is 2.76. The highest BCUT2D eigenvalue weighted by Gasteiger charge is 2.15. The van der Waals surface area contributed by atoms with Crippen molar-refractivity contribution in [2.24, 2.45) is 5.73 Å². The zero-order valence-corrected chi connectivity index (χ0v) is 11.1. The second-order valence-electron chi connectivity index (χ2n) is 3.96. The summed E-state index contributed by atoms with van der Waals surface area (Å²) in [5.74, 6) is 0. The molecular formula is C12H18BrNO. The van der Waals surface area contributed by atoms with Crippen molar-refractivity contribution in [1.29, 1.82) is 0 Å². The van der Waals surface area contributed by atoms with Crippen LogP contribution in [0.1, 0.15) is 34.8 Å². The van der Waals surface area contributed by atoms with Crippen LogP contribution in [0.3, 0.4) is 0 Å². The molecule has 3 N–H and O–H groups in total. The van der Waals surface area contributed by atoms with E-state index >= 15 is 0 Å². The van der Waals surface area contributed by atoms with Crippen LogP contribution in [0, 0.1) is 20.8 Å². The molecule has 1 atom stereocenters. The van der Waals surface area contributed by atoms with Gasteiger partial charge in [-0.2, -0.15) is 0 Å². The van der Waals surface area contributed by atoms with E-state index in [1.54, 1.807) is 0 Å². The molecule has 0 amide bonds. The quantitative estimate of drug-likeness (QED) is 0.888. The summed E-state index contributed by atoms with van der Waals surface area (Å²) in [6.45, 7) is 6.62. The van der Waals surface area contributed by atoms with Crippen LogP contribution in [-0.4, -0.2) is 11.7 Å². The molecular weight excluding hydrogens is 254 g/mol. The van der Waals surface area contributed by atoms with Crippen LogP contribution in [0.2, 0.25) is 0 Å². The van der Waals surface area contributed by atoms with Crippen LogP contribution in [0.15, 0.2) is 10.5 Å². The third kappa shape index (κ3) is 2.60. The number of hydrogen-bond acceptors (Lipinski definition) is 2. The van der Waals surface area contributed by atoms with Gasteiger partial charge in [0.05, 0.1) is 6.10 Å². The van der Waals surface area contributed by atoms with Crippen LogP contribution < -0.4 is 5.73 Å². The van der Waals surface area contributed by atoms with Crippen LogP contribution in [0.4, 0.5) is 0 Å². The van der Waals surface area contributed by atoms with Crippen molar-refractivity contribution in [1.82, 2.24) is 0 Å². The molecule has 2 nitrogen and oxygen atoms in total. The van der Waals surface area contributed by atoms with E-state index in [1.807, 2.05) is 13.8 Å². The third-order valence-electron chi connectivity index (χ3n) is 2.71. The minimum absolute atomic E-state index is 0.452. The average molecular weight is 272 g/mol.